The third kappa shape index (κ3) is 8.09. The summed E-state index contributed by atoms with van der Waals surface area (Å²) in [6.07, 6.45) is -0.0430. The molecule has 4 nitrogen and oxygen atoms in total. The Morgan fingerprint density at radius 1 is 1.00 bits per heavy atom. The highest BCUT2D eigenvalue weighted by Crippen LogP contribution is 2.44. The topological polar surface area (TPSA) is 54.2 Å². The minimum atomic E-state index is -4.21. The molecule has 34 heavy (non-hydrogen) atoms. The largest absolute Gasteiger partial charge is 0.416 e. The van der Waals surface area contributed by atoms with Crippen molar-refractivity contribution in [1.29, 1.82) is 10.8 Å². The number of rotatable bonds is 6. The van der Waals surface area contributed by atoms with Gasteiger partial charge in [0.15, 0.2) is 0 Å². The number of nitrogens with zero attached hydrogens (tertiary/aromatic N) is 2. The summed E-state index contributed by atoms with van der Waals surface area (Å²) in [6.45, 7) is 3.67. The molecule has 186 valence electrons. The first-order valence-corrected chi connectivity index (χ1v) is 11.2. The van der Waals surface area contributed by atoms with E-state index in [0.717, 1.165) is 43.4 Å². The van der Waals surface area contributed by atoms with Crippen molar-refractivity contribution < 1.29 is 17.6 Å². The van der Waals surface area contributed by atoms with Gasteiger partial charge in [0.05, 0.1) is 5.56 Å². The molecule has 0 radical (unpaired) electrons. The van der Waals surface area contributed by atoms with E-state index in [9.17, 15) is 17.6 Å². The van der Waals surface area contributed by atoms with E-state index in [2.05, 4.69) is 4.90 Å². The van der Waals surface area contributed by atoms with E-state index in [4.69, 9.17) is 10.8 Å². The number of amidine groups is 2. The average molecular weight is 499 g/mol. The van der Waals surface area contributed by atoms with Gasteiger partial charge in [0, 0.05) is 32.1 Å². The van der Waals surface area contributed by atoms with Gasteiger partial charge in [0.1, 0.15) is 17.5 Å². The van der Waals surface area contributed by atoms with Gasteiger partial charge in [-0.2, -0.15) is 13.2 Å². The number of halogens is 5. The van der Waals surface area contributed by atoms with Crippen LogP contribution in [0.5, 0.6) is 0 Å². The molecule has 2 aromatic rings. The number of benzene rings is 2. The maximum absolute atomic E-state index is 13.2. The van der Waals surface area contributed by atoms with Gasteiger partial charge < -0.3 is 9.80 Å². The highest BCUT2D eigenvalue weighted by Gasteiger charge is 2.44. The minimum absolute atomic E-state index is 0. The molecule has 1 heterocycles. The summed E-state index contributed by atoms with van der Waals surface area (Å²) >= 11 is 0. The minimum Gasteiger partial charge on any atom is -0.318 e. The molecule has 1 aliphatic heterocycles. The lowest BCUT2D eigenvalue weighted by molar-refractivity contribution is -0.137. The van der Waals surface area contributed by atoms with Crippen molar-refractivity contribution >= 4 is 24.1 Å². The number of hydrogen-bond donors (Lipinski definition) is 2. The molecule has 2 atom stereocenters. The van der Waals surface area contributed by atoms with Gasteiger partial charge in [-0.1, -0.05) is 42.5 Å². The molecule has 0 bridgehead atoms. The Bertz CT molecular complexity index is 941. The molecule has 9 heteroatoms. The predicted molar refractivity (Wildman–Crippen MR) is 129 cm³/mol. The van der Waals surface area contributed by atoms with Crippen LogP contribution in [0.2, 0.25) is 0 Å². The molecule has 4 rings (SSSR count). The van der Waals surface area contributed by atoms with Crippen molar-refractivity contribution in [1.82, 2.24) is 9.80 Å². The molecule has 1 aliphatic carbocycles. The van der Waals surface area contributed by atoms with Crippen LogP contribution in [-0.4, -0.2) is 48.2 Å². The van der Waals surface area contributed by atoms with Gasteiger partial charge in [0.25, 0.3) is 0 Å². The van der Waals surface area contributed by atoms with Crippen LogP contribution in [0.3, 0.4) is 0 Å². The third-order valence-corrected chi connectivity index (χ3v) is 6.13. The lowest BCUT2D eigenvalue weighted by Crippen LogP contribution is -2.32. The van der Waals surface area contributed by atoms with E-state index in [1.165, 1.54) is 43.8 Å². The molecular formula is C25H31ClF4N4. The number of likely N-dealkylation sites (tertiary alicyclic amines) is 1. The highest BCUT2D eigenvalue weighted by molar-refractivity contribution is 6.06. The summed E-state index contributed by atoms with van der Waals surface area (Å²) in [5.41, 5.74) is -0.0939. The summed E-state index contributed by atoms with van der Waals surface area (Å²) in [4.78, 5) is 4.08. The second-order valence-corrected chi connectivity index (χ2v) is 8.70. The first kappa shape index (κ1) is 27.8. The third-order valence-electron chi connectivity index (χ3n) is 6.13. The van der Waals surface area contributed by atoms with Crippen LogP contribution in [0.25, 0.3) is 0 Å². The van der Waals surface area contributed by atoms with Crippen LogP contribution in [0, 0.1) is 28.5 Å². The Balaban J connectivity index is 0.000000314. The summed E-state index contributed by atoms with van der Waals surface area (Å²) in [6, 6.07) is 12.4. The van der Waals surface area contributed by atoms with Crippen LogP contribution in [-0.2, 0) is 6.18 Å². The van der Waals surface area contributed by atoms with Crippen molar-refractivity contribution in [3.63, 3.8) is 0 Å². The van der Waals surface area contributed by atoms with Crippen LogP contribution in [0.15, 0.2) is 54.6 Å². The van der Waals surface area contributed by atoms with Gasteiger partial charge in [0.2, 0.25) is 0 Å². The number of unbranched alkanes of at least 4 members (excludes halogenated alkanes) is 1. The van der Waals surface area contributed by atoms with Crippen LogP contribution < -0.4 is 0 Å². The van der Waals surface area contributed by atoms with Crippen molar-refractivity contribution in [2.24, 2.45) is 11.8 Å². The molecular weight excluding hydrogens is 468 g/mol. The number of alkyl halides is 3. The second kappa shape index (κ2) is 12.3. The van der Waals surface area contributed by atoms with Crippen molar-refractivity contribution in [2.45, 2.75) is 31.9 Å². The molecule has 2 N–H and O–H groups in total. The molecule has 0 spiro atoms. The van der Waals surface area contributed by atoms with E-state index in [1.807, 2.05) is 0 Å². The maximum atomic E-state index is 13.2. The fourth-order valence-electron chi connectivity index (χ4n) is 4.06. The van der Waals surface area contributed by atoms with E-state index < -0.39 is 11.7 Å². The lowest BCUT2D eigenvalue weighted by atomic mass is 10.1. The van der Waals surface area contributed by atoms with Crippen molar-refractivity contribution in [3.8, 4) is 0 Å². The first-order chi connectivity index (χ1) is 15.6. The predicted octanol–water partition coefficient (Wildman–Crippen LogP) is 6.31. The zero-order valence-corrected chi connectivity index (χ0v) is 19.9. The Labute approximate surface area is 204 Å². The van der Waals surface area contributed by atoms with E-state index in [-0.39, 0.29) is 24.1 Å². The summed E-state index contributed by atoms with van der Waals surface area (Å²) in [7, 11) is 1.71. The Kier molecular flexibility index (Phi) is 10.1. The summed E-state index contributed by atoms with van der Waals surface area (Å²) in [5, 5.41) is 16.2. The van der Waals surface area contributed by atoms with Gasteiger partial charge in [-0.25, -0.2) is 4.39 Å². The fraction of sp³-hybridized carbons (Fsp3) is 0.440. The summed E-state index contributed by atoms with van der Waals surface area (Å²) in [5.74, 6) is 2.20. The standard InChI is InChI=1S/C18H25FN4.C7H5F3.ClH/c1-22(18(21)13-5-4-6-16(19)10-13)17(20)7-2-3-8-23-11-14-9-15(14)12-23;8-7(9,10)6-4-2-1-3-5-6;/h4-6,10,14-15,20-21H,2-3,7-9,11-12H2,1H3;1-5H;1H. The molecule has 2 unspecified atom stereocenters. The normalized spacial score (nSPS) is 18.7. The van der Waals surface area contributed by atoms with Crippen LogP contribution in [0.1, 0.15) is 36.8 Å². The van der Waals surface area contributed by atoms with Crippen LogP contribution >= 0.6 is 12.4 Å². The van der Waals surface area contributed by atoms with Gasteiger partial charge >= 0.3 is 6.18 Å². The fourth-order valence-corrected chi connectivity index (χ4v) is 4.06. The summed E-state index contributed by atoms with van der Waals surface area (Å²) < 4.78 is 48.6. The number of fused-ring (bicyclic) bond motifs is 1. The Morgan fingerprint density at radius 2 is 1.65 bits per heavy atom. The number of piperidine rings is 1. The molecule has 1 saturated heterocycles. The molecule has 2 aromatic carbocycles. The maximum Gasteiger partial charge on any atom is 0.416 e. The second-order valence-electron chi connectivity index (χ2n) is 8.70. The lowest BCUT2D eigenvalue weighted by Gasteiger charge is -2.21. The first-order valence-electron chi connectivity index (χ1n) is 11.2. The molecule has 1 saturated carbocycles. The molecule has 0 amide bonds. The molecule has 0 aromatic heterocycles. The number of nitrogens with one attached hydrogen (secondary N) is 2. The monoisotopic (exact) mass is 498 g/mol. The van der Waals surface area contributed by atoms with E-state index in [1.54, 1.807) is 30.1 Å². The Morgan fingerprint density at radius 3 is 2.21 bits per heavy atom. The van der Waals surface area contributed by atoms with Gasteiger partial charge in [-0.15, -0.1) is 12.4 Å². The smallest absolute Gasteiger partial charge is 0.318 e. The van der Waals surface area contributed by atoms with Crippen molar-refractivity contribution in [2.75, 3.05) is 26.7 Å². The Hall–Kier alpha value is -2.45. The van der Waals surface area contributed by atoms with Crippen molar-refractivity contribution in [3.05, 3.63) is 71.5 Å². The highest BCUT2D eigenvalue weighted by atomic mass is 35.5. The molecule has 2 aliphatic rings. The SMILES string of the molecule is CN(C(=N)CCCCN1CC2CC2C1)C(=N)c1cccc(F)c1.Cl.FC(F)(F)c1ccccc1. The zero-order valence-electron chi connectivity index (χ0n) is 19.1. The van der Waals surface area contributed by atoms with E-state index in [0.29, 0.717) is 17.8 Å². The zero-order chi connectivity index (χ0) is 24.0. The number of hydrogen-bond acceptors (Lipinski definition) is 3. The van der Waals surface area contributed by atoms with Gasteiger partial charge in [-0.05, 0) is 49.8 Å². The average Bonchev–Trinajstić information content (AvgIpc) is 3.41. The van der Waals surface area contributed by atoms with Gasteiger partial charge in [-0.3, -0.25) is 10.8 Å². The quantitative estimate of drug-likeness (QED) is 0.212. The van der Waals surface area contributed by atoms with E-state index >= 15 is 0 Å². The molecule has 2 fully saturated rings. The van der Waals surface area contributed by atoms with Crippen LogP contribution in [0.4, 0.5) is 17.6 Å².